The number of piperidine rings is 1. The fourth-order valence-electron chi connectivity index (χ4n) is 6.25. The molecule has 2 saturated heterocycles. The lowest BCUT2D eigenvalue weighted by Crippen LogP contribution is -2.47. The summed E-state index contributed by atoms with van der Waals surface area (Å²) in [6, 6.07) is 10.8. The van der Waals surface area contributed by atoms with Crippen LogP contribution in [0.3, 0.4) is 0 Å². The zero-order valence-corrected chi connectivity index (χ0v) is 21.6. The number of hydrogen-bond donors (Lipinski definition) is 3. The number of carbonyl (C=O) groups excluding carboxylic acids is 1. The second kappa shape index (κ2) is 10.3. The Morgan fingerprint density at radius 3 is 2.46 bits per heavy atom. The van der Waals surface area contributed by atoms with Gasteiger partial charge < -0.3 is 30.2 Å². The molecule has 6 rings (SSSR count). The third-order valence-electron chi connectivity index (χ3n) is 8.73. The Morgan fingerprint density at radius 2 is 1.76 bits per heavy atom. The molecule has 4 heterocycles. The van der Waals surface area contributed by atoms with E-state index in [1.54, 1.807) is 6.33 Å². The van der Waals surface area contributed by atoms with Crippen molar-refractivity contribution in [2.75, 3.05) is 56.7 Å². The van der Waals surface area contributed by atoms with Crippen LogP contribution in [0.1, 0.15) is 38.5 Å². The highest BCUT2D eigenvalue weighted by Crippen LogP contribution is 2.44. The highest BCUT2D eigenvalue weighted by Gasteiger charge is 2.38. The van der Waals surface area contributed by atoms with E-state index in [0.717, 1.165) is 72.8 Å². The average Bonchev–Trinajstić information content (AvgIpc) is 3.39. The number of carbonyl (C=O) groups is 1. The largest absolute Gasteiger partial charge is 0.378 e. The zero-order valence-electron chi connectivity index (χ0n) is 21.6. The number of likely N-dealkylation sites (tertiary alicyclic amines) is 1. The molecule has 37 heavy (non-hydrogen) atoms. The van der Waals surface area contributed by atoms with Crippen molar-refractivity contribution in [1.29, 1.82) is 0 Å². The van der Waals surface area contributed by atoms with E-state index in [4.69, 9.17) is 4.74 Å². The van der Waals surface area contributed by atoms with Gasteiger partial charge in [0.05, 0.1) is 18.6 Å². The first-order valence-electron chi connectivity index (χ1n) is 13.6. The number of amides is 2. The Kier molecular flexibility index (Phi) is 6.73. The predicted octanol–water partition coefficient (Wildman–Crippen LogP) is 4.24. The number of nitrogens with one attached hydrogen (secondary N) is 3. The summed E-state index contributed by atoms with van der Waals surface area (Å²) in [5, 5.41) is 7.54. The number of nitrogens with zero attached hydrogens (tertiary/aromatic N) is 4. The summed E-state index contributed by atoms with van der Waals surface area (Å²) < 4.78 is 5.49. The van der Waals surface area contributed by atoms with Crippen LogP contribution in [0.25, 0.3) is 22.3 Å². The molecule has 3 aromatic rings. The van der Waals surface area contributed by atoms with E-state index in [1.165, 1.54) is 25.7 Å². The minimum atomic E-state index is 0.00236. The SMILES string of the molecule is CNC1CCC2(CC1)CCN(C(=O)Nc1ccc(-c3cc4c(N5CCOCC5)ncnc4[nH]3)cc1)CC2. The Morgan fingerprint density at radius 1 is 1.03 bits per heavy atom. The van der Waals surface area contributed by atoms with Gasteiger partial charge in [-0.3, -0.25) is 0 Å². The van der Waals surface area contributed by atoms with Crippen molar-refractivity contribution in [2.45, 2.75) is 44.6 Å². The first-order chi connectivity index (χ1) is 18.1. The molecule has 2 aliphatic heterocycles. The minimum Gasteiger partial charge on any atom is -0.378 e. The first kappa shape index (κ1) is 24.2. The molecule has 9 nitrogen and oxygen atoms in total. The monoisotopic (exact) mass is 503 g/mol. The van der Waals surface area contributed by atoms with Crippen molar-refractivity contribution in [3.05, 3.63) is 36.7 Å². The molecule has 3 aliphatic rings. The molecule has 0 radical (unpaired) electrons. The number of morpholine rings is 1. The van der Waals surface area contributed by atoms with Gasteiger partial charge in [0, 0.05) is 43.6 Å². The molecule has 1 spiro atoms. The molecule has 0 atom stereocenters. The predicted molar refractivity (Wildman–Crippen MR) is 146 cm³/mol. The van der Waals surface area contributed by atoms with Gasteiger partial charge in [0.25, 0.3) is 0 Å². The summed E-state index contributed by atoms with van der Waals surface area (Å²) in [7, 11) is 2.07. The van der Waals surface area contributed by atoms with E-state index in [9.17, 15) is 4.79 Å². The average molecular weight is 504 g/mol. The molecule has 1 saturated carbocycles. The summed E-state index contributed by atoms with van der Waals surface area (Å²) in [6.45, 7) is 4.77. The number of benzene rings is 1. The van der Waals surface area contributed by atoms with Crippen LogP contribution in [0.5, 0.6) is 0 Å². The Bertz CT molecular complexity index is 1220. The zero-order chi connectivity index (χ0) is 25.2. The van der Waals surface area contributed by atoms with Crippen LogP contribution >= 0.6 is 0 Å². The maximum atomic E-state index is 13.0. The van der Waals surface area contributed by atoms with Crippen LogP contribution < -0.4 is 15.5 Å². The van der Waals surface area contributed by atoms with E-state index < -0.39 is 0 Å². The number of ether oxygens (including phenoxy) is 1. The van der Waals surface area contributed by atoms with Crippen molar-refractivity contribution in [3.8, 4) is 11.3 Å². The second-order valence-electron chi connectivity index (χ2n) is 10.8. The van der Waals surface area contributed by atoms with Gasteiger partial charge in [-0.2, -0.15) is 0 Å². The number of aromatic nitrogens is 3. The molecule has 2 aromatic heterocycles. The minimum absolute atomic E-state index is 0.00236. The lowest BCUT2D eigenvalue weighted by atomic mass is 9.67. The van der Waals surface area contributed by atoms with Crippen LogP contribution in [-0.2, 0) is 4.74 Å². The number of fused-ring (bicyclic) bond motifs is 1. The van der Waals surface area contributed by atoms with Crippen molar-refractivity contribution in [1.82, 2.24) is 25.2 Å². The Labute approximate surface area is 218 Å². The maximum absolute atomic E-state index is 13.0. The van der Waals surface area contributed by atoms with E-state index in [0.29, 0.717) is 24.7 Å². The third-order valence-corrected chi connectivity index (χ3v) is 8.73. The van der Waals surface area contributed by atoms with Crippen LogP contribution in [0.2, 0.25) is 0 Å². The quantitative estimate of drug-likeness (QED) is 0.493. The van der Waals surface area contributed by atoms with Crippen LogP contribution in [0.15, 0.2) is 36.7 Å². The van der Waals surface area contributed by atoms with E-state index in [-0.39, 0.29) is 6.03 Å². The van der Waals surface area contributed by atoms with Crippen molar-refractivity contribution in [2.24, 2.45) is 5.41 Å². The number of urea groups is 1. The second-order valence-corrected chi connectivity index (χ2v) is 10.8. The number of anilines is 2. The Hall–Kier alpha value is -3.17. The van der Waals surface area contributed by atoms with Crippen molar-refractivity contribution >= 4 is 28.6 Å². The van der Waals surface area contributed by atoms with Gasteiger partial charge in [0.15, 0.2) is 0 Å². The fourth-order valence-corrected chi connectivity index (χ4v) is 6.25. The standard InChI is InChI=1S/C28H37N7O2/c1-29-21-6-8-28(9-7-21)10-12-35(13-11-28)27(36)32-22-4-2-20(3-5-22)24-18-23-25(33-24)30-19-31-26(23)34-14-16-37-17-15-34/h2-5,18-19,21,29H,6-17H2,1H3,(H,32,36)(H,30,31,33). The van der Waals surface area contributed by atoms with Crippen molar-refractivity contribution < 1.29 is 9.53 Å². The highest BCUT2D eigenvalue weighted by atomic mass is 16.5. The molecule has 9 heteroatoms. The van der Waals surface area contributed by atoms with Crippen molar-refractivity contribution in [3.63, 3.8) is 0 Å². The van der Waals surface area contributed by atoms with Gasteiger partial charge in [-0.05, 0) is 74.8 Å². The maximum Gasteiger partial charge on any atom is 0.321 e. The van der Waals surface area contributed by atoms with Gasteiger partial charge in [0.2, 0.25) is 0 Å². The van der Waals surface area contributed by atoms with Crippen LogP contribution in [-0.4, -0.2) is 78.4 Å². The lowest BCUT2D eigenvalue weighted by molar-refractivity contribution is 0.0754. The summed E-state index contributed by atoms with van der Waals surface area (Å²) in [5.74, 6) is 0.943. The molecule has 1 aliphatic carbocycles. The lowest BCUT2D eigenvalue weighted by Gasteiger charge is -2.45. The van der Waals surface area contributed by atoms with Gasteiger partial charge >= 0.3 is 6.03 Å². The molecule has 0 bridgehead atoms. The number of rotatable bonds is 4. The van der Waals surface area contributed by atoms with Gasteiger partial charge in [0.1, 0.15) is 17.8 Å². The number of H-pyrrole nitrogens is 1. The molecule has 1 aromatic carbocycles. The van der Waals surface area contributed by atoms with Gasteiger partial charge in [-0.25, -0.2) is 14.8 Å². The molecule has 3 N–H and O–H groups in total. The number of hydrogen-bond acceptors (Lipinski definition) is 6. The van der Waals surface area contributed by atoms with Crippen LogP contribution in [0.4, 0.5) is 16.3 Å². The third kappa shape index (κ3) is 5.02. The molecule has 196 valence electrons. The fraction of sp³-hybridized carbons (Fsp3) is 0.536. The highest BCUT2D eigenvalue weighted by molar-refractivity contribution is 5.93. The summed E-state index contributed by atoms with van der Waals surface area (Å²) in [5.41, 5.74) is 4.11. The summed E-state index contributed by atoms with van der Waals surface area (Å²) >= 11 is 0. The number of aromatic amines is 1. The van der Waals surface area contributed by atoms with E-state index in [2.05, 4.69) is 43.6 Å². The van der Waals surface area contributed by atoms with Crippen LogP contribution in [0, 0.1) is 5.41 Å². The normalized spacial score (nSPS) is 20.5. The van der Waals surface area contributed by atoms with Gasteiger partial charge in [-0.15, -0.1) is 0 Å². The molecular weight excluding hydrogens is 466 g/mol. The molecule has 0 unspecified atom stereocenters. The summed E-state index contributed by atoms with van der Waals surface area (Å²) in [4.78, 5) is 29.6. The molecule has 2 amide bonds. The summed E-state index contributed by atoms with van der Waals surface area (Å²) in [6.07, 6.45) is 8.92. The Balaban J connectivity index is 1.08. The molecular formula is C28H37N7O2. The molecule has 3 fully saturated rings. The smallest absolute Gasteiger partial charge is 0.321 e. The first-order valence-corrected chi connectivity index (χ1v) is 13.6. The van der Waals surface area contributed by atoms with Gasteiger partial charge in [-0.1, -0.05) is 12.1 Å². The topological polar surface area (TPSA) is 98.4 Å². The van der Waals surface area contributed by atoms with E-state index >= 15 is 0 Å². The van der Waals surface area contributed by atoms with E-state index in [1.807, 2.05) is 29.2 Å².